The smallest absolute Gasteiger partial charge is 0.141 e. The molecule has 1 aliphatic heterocycles. The normalized spacial score (nSPS) is 19.1. The summed E-state index contributed by atoms with van der Waals surface area (Å²) in [5, 5.41) is 4.26. The molecule has 0 bridgehead atoms. The first kappa shape index (κ1) is 12.0. The van der Waals surface area contributed by atoms with Crippen molar-refractivity contribution in [1.29, 1.82) is 0 Å². The maximum absolute atomic E-state index is 4.35. The fourth-order valence-electron chi connectivity index (χ4n) is 2.07. The Hall–Kier alpha value is -0.420. The van der Waals surface area contributed by atoms with Crippen LogP contribution in [0.15, 0.2) is 6.33 Å². The third-order valence-electron chi connectivity index (χ3n) is 3.01. The zero-order valence-corrected chi connectivity index (χ0v) is 11.4. The Morgan fingerprint density at radius 1 is 1.44 bits per heavy atom. The number of likely N-dealkylation sites (tertiary alicyclic amines) is 1. The van der Waals surface area contributed by atoms with Gasteiger partial charge in [0.15, 0.2) is 0 Å². The Morgan fingerprint density at radius 3 is 2.88 bits per heavy atom. The molecule has 16 heavy (non-hydrogen) atoms. The van der Waals surface area contributed by atoms with Crippen LogP contribution < -0.4 is 0 Å². The lowest BCUT2D eigenvalue weighted by atomic mass is 10.1. The Morgan fingerprint density at radius 2 is 2.19 bits per heavy atom. The number of alkyl halides is 1. The number of hydrogen-bond acceptors (Lipinski definition) is 3. The molecule has 0 unspecified atom stereocenters. The third kappa shape index (κ3) is 3.04. The van der Waals surface area contributed by atoms with Gasteiger partial charge in [0.2, 0.25) is 0 Å². The van der Waals surface area contributed by atoms with Gasteiger partial charge in [-0.1, -0.05) is 22.9 Å². The van der Waals surface area contributed by atoms with Crippen LogP contribution in [0.1, 0.15) is 32.0 Å². The van der Waals surface area contributed by atoms with Gasteiger partial charge in [-0.15, -0.1) is 0 Å². The number of halogens is 1. The standard InChI is InChI=1S/C11H19BrN4/c1-2-5-16-11(13-9-14-16)8-15-6-3-10(12)4-7-15/h9-10H,2-8H2,1H3. The summed E-state index contributed by atoms with van der Waals surface area (Å²) in [5.41, 5.74) is 0. The number of aromatic nitrogens is 3. The van der Waals surface area contributed by atoms with Crippen molar-refractivity contribution in [3.63, 3.8) is 0 Å². The highest BCUT2D eigenvalue weighted by Gasteiger charge is 2.18. The Bertz CT molecular complexity index is 318. The van der Waals surface area contributed by atoms with Crippen molar-refractivity contribution in [2.24, 2.45) is 0 Å². The van der Waals surface area contributed by atoms with Crippen molar-refractivity contribution in [1.82, 2.24) is 19.7 Å². The summed E-state index contributed by atoms with van der Waals surface area (Å²) < 4.78 is 2.03. The molecule has 90 valence electrons. The van der Waals surface area contributed by atoms with Gasteiger partial charge in [-0.05, 0) is 32.4 Å². The number of aryl methyl sites for hydroxylation is 1. The molecule has 0 saturated carbocycles. The van der Waals surface area contributed by atoms with E-state index in [1.165, 1.54) is 12.8 Å². The molecule has 1 aliphatic rings. The first-order chi connectivity index (χ1) is 7.79. The van der Waals surface area contributed by atoms with E-state index in [4.69, 9.17) is 0 Å². The van der Waals surface area contributed by atoms with Crippen LogP contribution in [0.2, 0.25) is 0 Å². The molecule has 1 aromatic rings. The minimum Gasteiger partial charge on any atom is -0.296 e. The summed E-state index contributed by atoms with van der Waals surface area (Å²) in [7, 11) is 0. The van der Waals surface area contributed by atoms with Crippen molar-refractivity contribution in [3.05, 3.63) is 12.2 Å². The molecule has 5 heteroatoms. The van der Waals surface area contributed by atoms with Gasteiger partial charge < -0.3 is 0 Å². The molecule has 4 nitrogen and oxygen atoms in total. The van der Waals surface area contributed by atoms with E-state index in [0.29, 0.717) is 4.83 Å². The van der Waals surface area contributed by atoms with Crippen LogP contribution in [0.3, 0.4) is 0 Å². The molecule has 0 spiro atoms. The van der Waals surface area contributed by atoms with Crippen molar-refractivity contribution < 1.29 is 0 Å². The predicted molar refractivity (Wildman–Crippen MR) is 67.5 cm³/mol. The van der Waals surface area contributed by atoms with Crippen LogP contribution in [0.4, 0.5) is 0 Å². The zero-order chi connectivity index (χ0) is 11.4. The van der Waals surface area contributed by atoms with Crippen LogP contribution in [-0.2, 0) is 13.1 Å². The molecule has 0 aromatic carbocycles. The average molecular weight is 287 g/mol. The second-order valence-electron chi connectivity index (χ2n) is 4.35. The molecule has 0 amide bonds. The maximum atomic E-state index is 4.35. The van der Waals surface area contributed by atoms with Gasteiger partial charge in [-0.2, -0.15) is 5.10 Å². The fraction of sp³-hybridized carbons (Fsp3) is 0.818. The van der Waals surface area contributed by atoms with E-state index in [2.05, 4.69) is 37.8 Å². The molecule has 2 rings (SSSR count). The van der Waals surface area contributed by atoms with E-state index in [0.717, 1.165) is 38.4 Å². The summed E-state index contributed by atoms with van der Waals surface area (Å²) in [5.74, 6) is 1.11. The lowest BCUT2D eigenvalue weighted by molar-refractivity contribution is 0.217. The van der Waals surface area contributed by atoms with Gasteiger partial charge in [-0.25, -0.2) is 9.67 Å². The maximum Gasteiger partial charge on any atom is 0.141 e. The van der Waals surface area contributed by atoms with Crippen molar-refractivity contribution in [2.45, 2.75) is 44.1 Å². The van der Waals surface area contributed by atoms with Gasteiger partial charge >= 0.3 is 0 Å². The van der Waals surface area contributed by atoms with Crippen LogP contribution in [0.25, 0.3) is 0 Å². The molecule has 1 saturated heterocycles. The molecule has 1 aromatic heterocycles. The number of piperidine rings is 1. The Labute approximate surface area is 105 Å². The lowest BCUT2D eigenvalue weighted by Crippen LogP contribution is -2.34. The van der Waals surface area contributed by atoms with E-state index in [-0.39, 0.29) is 0 Å². The van der Waals surface area contributed by atoms with Gasteiger partial charge in [-0.3, -0.25) is 4.90 Å². The zero-order valence-electron chi connectivity index (χ0n) is 9.77. The minimum absolute atomic E-state index is 0.706. The van der Waals surface area contributed by atoms with Gasteiger partial charge in [0, 0.05) is 11.4 Å². The first-order valence-electron chi connectivity index (χ1n) is 6.02. The van der Waals surface area contributed by atoms with E-state index in [1.807, 2.05) is 4.68 Å². The molecule has 0 aliphatic carbocycles. The minimum atomic E-state index is 0.706. The third-order valence-corrected chi connectivity index (χ3v) is 3.93. The average Bonchev–Trinajstić information content (AvgIpc) is 2.70. The second kappa shape index (κ2) is 5.77. The SMILES string of the molecule is CCCn1ncnc1CN1CCC(Br)CC1. The monoisotopic (exact) mass is 286 g/mol. The van der Waals surface area contributed by atoms with Gasteiger partial charge in [0.25, 0.3) is 0 Å². The van der Waals surface area contributed by atoms with Crippen molar-refractivity contribution in [2.75, 3.05) is 13.1 Å². The molecule has 0 atom stereocenters. The number of rotatable bonds is 4. The first-order valence-corrected chi connectivity index (χ1v) is 6.94. The van der Waals surface area contributed by atoms with E-state index < -0.39 is 0 Å². The van der Waals surface area contributed by atoms with E-state index >= 15 is 0 Å². The quantitative estimate of drug-likeness (QED) is 0.795. The summed E-state index contributed by atoms with van der Waals surface area (Å²) in [6.07, 6.45) is 5.26. The van der Waals surface area contributed by atoms with Gasteiger partial charge in [0.05, 0.1) is 6.54 Å². The van der Waals surface area contributed by atoms with Crippen LogP contribution in [-0.4, -0.2) is 37.6 Å². The topological polar surface area (TPSA) is 34.0 Å². The molecule has 1 fully saturated rings. The Kier molecular flexibility index (Phi) is 4.35. The highest BCUT2D eigenvalue weighted by Crippen LogP contribution is 2.18. The molecule has 0 N–H and O–H groups in total. The highest BCUT2D eigenvalue weighted by atomic mass is 79.9. The molecule has 0 radical (unpaired) electrons. The summed E-state index contributed by atoms with van der Waals surface area (Å²) in [6.45, 7) is 6.41. The summed E-state index contributed by atoms with van der Waals surface area (Å²) >= 11 is 3.67. The predicted octanol–water partition coefficient (Wildman–Crippen LogP) is 2.05. The van der Waals surface area contributed by atoms with Crippen LogP contribution in [0.5, 0.6) is 0 Å². The largest absolute Gasteiger partial charge is 0.296 e. The number of nitrogens with zero attached hydrogens (tertiary/aromatic N) is 4. The van der Waals surface area contributed by atoms with Crippen LogP contribution in [0, 0.1) is 0 Å². The molecular weight excluding hydrogens is 268 g/mol. The van der Waals surface area contributed by atoms with E-state index in [9.17, 15) is 0 Å². The molecular formula is C11H19BrN4. The summed E-state index contributed by atoms with van der Waals surface area (Å²) in [4.78, 5) is 7.52. The lowest BCUT2D eigenvalue weighted by Gasteiger charge is -2.28. The Balaban J connectivity index is 1.90. The highest BCUT2D eigenvalue weighted by molar-refractivity contribution is 9.09. The fourth-order valence-corrected chi connectivity index (χ4v) is 2.48. The second-order valence-corrected chi connectivity index (χ2v) is 5.65. The van der Waals surface area contributed by atoms with Crippen molar-refractivity contribution in [3.8, 4) is 0 Å². The molecule has 2 heterocycles. The van der Waals surface area contributed by atoms with Crippen molar-refractivity contribution >= 4 is 15.9 Å². The number of hydrogen-bond donors (Lipinski definition) is 0. The summed E-state index contributed by atoms with van der Waals surface area (Å²) in [6, 6.07) is 0. The van der Waals surface area contributed by atoms with Crippen LogP contribution >= 0.6 is 15.9 Å². The van der Waals surface area contributed by atoms with Gasteiger partial charge in [0.1, 0.15) is 12.2 Å². The van der Waals surface area contributed by atoms with E-state index in [1.54, 1.807) is 6.33 Å².